The van der Waals surface area contributed by atoms with E-state index in [-0.39, 0.29) is 41.0 Å². The highest BCUT2D eigenvalue weighted by Gasteiger charge is 2.41. The number of rotatable bonds is 7. The van der Waals surface area contributed by atoms with Gasteiger partial charge in [-0.15, -0.1) is 13.2 Å². The molecule has 0 spiro atoms. The van der Waals surface area contributed by atoms with Gasteiger partial charge in [0.1, 0.15) is 5.75 Å². The van der Waals surface area contributed by atoms with Gasteiger partial charge in [-0.1, -0.05) is 64.1 Å². The molecule has 2 atom stereocenters. The lowest BCUT2D eigenvalue weighted by atomic mass is 9.82. The second-order valence-corrected chi connectivity index (χ2v) is 12.7. The highest BCUT2D eigenvalue weighted by molar-refractivity contribution is 5.77. The number of aryl methyl sites for hydroxylation is 1. The summed E-state index contributed by atoms with van der Waals surface area (Å²) >= 11 is 0. The summed E-state index contributed by atoms with van der Waals surface area (Å²) in [6, 6.07) is 14.2. The van der Waals surface area contributed by atoms with Gasteiger partial charge in [-0.25, -0.2) is 0 Å². The quantitative estimate of drug-likeness (QED) is 0.374. The Labute approximate surface area is 247 Å². The van der Waals surface area contributed by atoms with Crippen LogP contribution in [0.4, 0.5) is 13.2 Å². The van der Waals surface area contributed by atoms with E-state index in [0.717, 1.165) is 30.4 Å². The summed E-state index contributed by atoms with van der Waals surface area (Å²) in [5, 5.41) is 0. The molecular weight excluding hydrogens is 543 g/mol. The van der Waals surface area contributed by atoms with Crippen molar-refractivity contribution in [3.63, 3.8) is 0 Å². The smallest absolute Gasteiger partial charge is 0.406 e. The molecule has 4 rings (SSSR count). The van der Waals surface area contributed by atoms with Crippen molar-refractivity contribution in [2.75, 3.05) is 32.7 Å². The van der Waals surface area contributed by atoms with Gasteiger partial charge < -0.3 is 14.5 Å². The van der Waals surface area contributed by atoms with Crippen molar-refractivity contribution in [2.24, 2.45) is 11.3 Å². The van der Waals surface area contributed by atoms with Crippen LogP contribution >= 0.6 is 0 Å². The highest BCUT2D eigenvalue weighted by atomic mass is 19.4. The van der Waals surface area contributed by atoms with Crippen LogP contribution in [0.1, 0.15) is 76.6 Å². The number of carbonyl (C=O) groups is 2. The average molecular weight is 588 g/mol. The van der Waals surface area contributed by atoms with Gasteiger partial charge in [-0.05, 0) is 59.4 Å². The number of piperazine rings is 1. The fourth-order valence-corrected chi connectivity index (χ4v) is 6.46. The van der Waals surface area contributed by atoms with Crippen LogP contribution in [0.15, 0.2) is 48.5 Å². The minimum atomic E-state index is -4.75. The maximum atomic E-state index is 13.7. The molecule has 2 saturated heterocycles. The van der Waals surface area contributed by atoms with Crippen LogP contribution in [0.25, 0.3) is 0 Å². The Morgan fingerprint density at radius 2 is 1.60 bits per heavy atom. The van der Waals surface area contributed by atoms with Crippen molar-refractivity contribution in [3.05, 3.63) is 65.2 Å². The van der Waals surface area contributed by atoms with Crippen molar-refractivity contribution < 1.29 is 27.5 Å². The summed E-state index contributed by atoms with van der Waals surface area (Å²) in [5.74, 6) is 0.277. The minimum absolute atomic E-state index is 0.0415. The Morgan fingerprint density at radius 3 is 2.17 bits per heavy atom. The van der Waals surface area contributed by atoms with Crippen LogP contribution in [0, 0.1) is 11.3 Å². The van der Waals surface area contributed by atoms with Crippen LogP contribution in [0.3, 0.4) is 0 Å². The van der Waals surface area contributed by atoms with Crippen molar-refractivity contribution in [1.82, 2.24) is 14.7 Å². The van der Waals surface area contributed by atoms with E-state index in [2.05, 4.69) is 54.4 Å². The van der Waals surface area contributed by atoms with Gasteiger partial charge in [0, 0.05) is 52.1 Å². The van der Waals surface area contributed by atoms with Crippen LogP contribution in [-0.2, 0) is 16.0 Å². The number of nitrogens with zero attached hydrogens (tertiary/aromatic N) is 3. The fourth-order valence-electron chi connectivity index (χ4n) is 6.46. The van der Waals surface area contributed by atoms with E-state index < -0.39 is 6.36 Å². The first-order valence-electron chi connectivity index (χ1n) is 15.0. The third-order valence-electron chi connectivity index (χ3n) is 8.78. The first-order valence-corrected chi connectivity index (χ1v) is 15.0. The summed E-state index contributed by atoms with van der Waals surface area (Å²) in [6.45, 7) is 13.4. The molecule has 2 aliphatic heterocycles. The normalized spacial score (nSPS) is 20.0. The van der Waals surface area contributed by atoms with Crippen molar-refractivity contribution in [2.45, 2.75) is 78.7 Å². The third kappa shape index (κ3) is 7.85. The second kappa shape index (κ2) is 13.1. The first kappa shape index (κ1) is 31.9. The van der Waals surface area contributed by atoms with E-state index in [9.17, 15) is 22.8 Å². The Morgan fingerprint density at radius 1 is 0.952 bits per heavy atom. The lowest BCUT2D eigenvalue weighted by Gasteiger charge is -2.50. The van der Waals surface area contributed by atoms with Gasteiger partial charge in [0.25, 0.3) is 0 Å². The Balaban J connectivity index is 1.58. The first-order chi connectivity index (χ1) is 19.8. The molecule has 0 radical (unpaired) electrons. The number of likely N-dealkylation sites (tertiary alicyclic amines) is 1. The molecule has 2 aromatic rings. The van der Waals surface area contributed by atoms with Gasteiger partial charge in [0.15, 0.2) is 0 Å². The SMILES string of the molecule is CCc1ccccc1C(c1ccc(OC(F)(F)F)cc1)N1CCN(C(=O)CC2CCN(C(C)=O)CC2)[C@@H](C(C)(C)C)C1. The third-order valence-corrected chi connectivity index (χ3v) is 8.78. The zero-order chi connectivity index (χ0) is 30.7. The highest BCUT2D eigenvalue weighted by Crippen LogP contribution is 2.38. The van der Waals surface area contributed by atoms with Crippen molar-refractivity contribution in [1.29, 1.82) is 0 Å². The predicted octanol–water partition coefficient (Wildman–Crippen LogP) is 6.44. The topological polar surface area (TPSA) is 53.1 Å². The summed E-state index contributed by atoms with van der Waals surface area (Å²) in [4.78, 5) is 31.7. The molecule has 1 unspecified atom stereocenters. The maximum Gasteiger partial charge on any atom is 0.573 e. The van der Waals surface area contributed by atoms with Gasteiger partial charge in [0.05, 0.1) is 6.04 Å². The number of hydrogen-bond donors (Lipinski definition) is 0. The minimum Gasteiger partial charge on any atom is -0.406 e. The molecule has 2 heterocycles. The van der Waals surface area contributed by atoms with Crippen LogP contribution < -0.4 is 4.74 Å². The number of ether oxygens (including phenoxy) is 1. The lowest BCUT2D eigenvalue weighted by molar-refractivity contribution is -0.274. The second-order valence-electron chi connectivity index (χ2n) is 12.7. The molecule has 0 N–H and O–H groups in total. The van der Waals surface area contributed by atoms with E-state index in [1.54, 1.807) is 19.1 Å². The van der Waals surface area contributed by atoms with E-state index >= 15 is 0 Å². The van der Waals surface area contributed by atoms with Crippen LogP contribution in [0.5, 0.6) is 5.75 Å². The Kier molecular flexibility index (Phi) is 9.91. The van der Waals surface area contributed by atoms with Gasteiger partial charge in [-0.2, -0.15) is 0 Å². The number of halogens is 3. The molecule has 2 fully saturated rings. The lowest BCUT2D eigenvalue weighted by Crippen LogP contribution is -2.60. The summed E-state index contributed by atoms with van der Waals surface area (Å²) < 4.78 is 42.6. The fraction of sp³-hybridized carbons (Fsp3) is 0.576. The molecule has 2 aromatic carbocycles. The molecule has 42 heavy (non-hydrogen) atoms. The van der Waals surface area contributed by atoms with Gasteiger partial charge in [0.2, 0.25) is 11.8 Å². The summed E-state index contributed by atoms with van der Waals surface area (Å²) in [6.07, 6.45) is -1.75. The molecule has 0 aliphatic carbocycles. The van der Waals surface area contributed by atoms with E-state index in [1.807, 2.05) is 17.0 Å². The number of hydrogen-bond acceptors (Lipinski definition) is 4. The molecular formula is C33H44F3N3O3. The standard InChI is InChI=1S/C33H44F3N3O3/c1-6-25-9-7-8-10-28(25)31(26-11-13-27(14-12-26)42-33(34,35)36)38-19-20-39(29(22-38)32(3,4)5)30(41)21-24-15-17-37(18-16-24)23(2)40/h7-14,24,29,31H,6,15-22H2,1-5H3/t29-,31?/m1/s1. The molecule has 6 nitrogen and oxygen atoms in total. The van der Waals surface area contributed by atoms with Crippen LogP contribution in [-0.4, -0.2) is 71.6 Å². The monoisotopic (exact) mass is 587 g/mol. The zero-order valence-corrected chi connectivity index (χ0v) is 25.4. The van der Waals surface area contributed by atoms with E-state index in [1.165, 1.54) is 17.7 Å². The largest absolute Gasteiger partial charge is 0.573 e. The van der Waals surface area contributed by atoms with Crippen molar-refractivity contribution >= 4 is 11.8 Å². The molecule has 0 bridgehead atoms. The zero-order valence-electron chi connectivity index (χ0n) is 25.4. The van der Waals surface area contributed by atoms with E-state index in [4.69, 9.17) is 0 Å². The van der Waals surface area contributed by atoms with Gasteiger partial charge in [-0.3, -0.25) is 14.5 Å². The Bertz CT molecular complexity index is 1220. The molecule has 230 valence electrons. The predicted molar refractivity (Wildman–Crippen MR) is 157 cm³/mol. The van der Waals surface area contributed by atoms with Gasteiger partial charge >= 0.3 is 6.36 Å². The van der Waals surface area contributed by atoms with E-state index in [0.29, 0.717) is 39.1 Å². The van der Waals surface area contributed by atoms with Crippen molar-refractivity contribution in [3.8, 4) is 5.75 Å². The number of benzene rings is 2. The summed E-state index contributed by atoms with van der Waals surface area (Å²) in [7, 11) is 0. The number of piperidine rings is 1. The molecule has 0 aromatic heterocycles. The maximum absolute atomic E-state index is 13.7. The molecule has 2 amide bonds. The number of alkyl halides is 3. The summed E-state index contributed by atoms with van der Waals surface area (Å²) in [5.41, 5.74) is 3.00. The average Bonchev–Trinajstić information content (AvgIpc) is 2.93. The van der Waals surface area contributed by atoms with Crippen LogP contribution in [0.2, 0.25) is 0 Å². The molecule has 2 aliphatic rings. The number of carbonyl (C=O) groups excluding carboxylic acids is 2. The molecule has 9 heteroatoms. The molecule has 0 saturated carbocycles. The number of amides is 2. The Hall–Kier alpha value is -3.07.